The highest BCUT2D eigenvalue weighted by Crippen LogP contribution is 2.51. The van der Waals surface area contributed by atoms with Gasteiger partial charge in [-0.3, -0.25) is 28.6 Å². The van der Waals surface area contributed by atoms with E-state index in [1.54, 1.807) is 31.2 Å². The lowest BCUT2D eigenvalue weighted by Crippen LogP contribution is -2.49. The van der Waals surface area contributed by atoms with Crippen molar-refractivity contribution in [3.05, 3.63) is 41.5 Å². The summed E-state index contributed by atoms with van der Waals surface area (Å²) in [5.41, 5.74) is 0.527. The van der Waals surface area contributed by atoms with E-state index in [0.29, 0.717) is 34.9 Å². The van der Waals surface area contributed by atoms with Gasteiger partial charge in [0.2, 0.25) is 19.2 Å². The molecule has 4 amide bonds. The molecule has 0 fully saturated rings. The second kappa shape index (κ2) is 13.6. The third-order valence-corrected chi connectivity index (χ3v) is 9.53. The van der Waals surface area contributed by atoms with Crippen LogP contribution in [0, 0.1) is 17.8 Å². The maximum atomic E-state index is 14.4. The lowest BCUT2D eigenvalue weighted by molar-refractivity contribution is -0.131. The Morgan fingerprint density at radius 1 is 0.976 bits per heavy atom. The minimum atomic E-state index is -3.76. The first-order chi connectivity index (χ1) is 19.3. The molecule has 0 saturated heterocycles. The van der Waals surface area contributed by atoms with Crippen molar-refractivity contribution in [1.29, 1.82) is 0 Å². The highest BCUT2D eigenvalue weighted by atomic mass is 31.2. The number of benzene rings is 2. The van der Waals surface area contributed by atoms with Crippen LogP contribution in [-0.4, -0.2) is 67.8 Å². The van der Waals surface area contributed by atoms with Gasteiger partial charge in [0.05, 0.1) is 19.3 Å². The van der Waals surface area contributed by atoms with Crippen molar-refractivity contribution in [3.8, 4) is 5.75 Å². The first-order valence-electron chi connectivity index (χ1n) is 14.1. The van der Waals surface area contributed by atoms with Gasteiger partial charge in [-0.25, -0.2) is 0 Å². The van der Waals surface area contributed by atoms with Gasteiger partial charge in [0.1, 0.15) is 18.1 Å². The highest BCUT2D eigenvalue weighted by molar-refractivity contribution is 7.59. The smallest absolute Gasteiger partial charge is 0.265 e. The van der Waals surface area contributed by atoms with E-state index in [2.05, 4.69) is 10.6 Å². The molecular formula is C30H42N3O7P. The Bertz CT molecular complexity index is 1360. The van der Waals surface area contributed by atoms with Crippen molar-refractivity contribution in [2.45, 2.75) is 53.5 Å². The van der Waals surface area contributed by atoms with Gasteiger partial charge in [0, 0.05) is 30.1 Å². The van der Waals surface area contributed by atoms with Gasteiger partial charge in [-0.05, 0) is 49.1 Å². The zero-order chi connectivity index (χ0) is 30.5. The largest absolute Gasteiger partial charge is 0.496 e. The number of rotatable bonds is 14. The number of nitrogens with one attached hydrogen (secondary N) is 2. The van der Waals surface area contributed by atoms with Crippen LogP contribution in [-0.2, 0) is 18.7 Å². The number of hydrogen-bond acceptors (Lipinski definition) is 7. The van der Waals surface area contributed by atoms with Crippen molar-refractivity contribution in [1.82, 2.24) is 15.5 Å². The Kier molecular flexibility index (Phi) is 10.7. The van der Waals surface area contributed by atoms with Crippen LogP contribution in [0.25, 0.3) is 10.8 Å². The average molecular weight is 588 g/mol. The van der Waals surface area contributed by atoms with Crippen molar-refractivity contribution < 1.29 is 33.0 Å². The fraction of sp³-hybridized carbons (Fsp3) is 0.533. The lowest BCUT2D eigenvalue weighted by Gasteiger charge is -2.32. The number of carbonyl (C=O) groups excluding carboxylic acids is 4. The van der Waals surface area contributed by atoms with Gasteiger partial charge >= 0.3 is 0 Å². The Morgan fingerprint density at radius 3 is 2.24 bits per heavy atom. The summed E-state index contributed by atoms with van der Waals surface area (Å²) >= 11 is 0. The summed E-state index contributed by atoms with van der Waals surface area (Å²) in [6.07, 6.45) is 0.140. The van der Waals surface area contributed by atoms with Crippen molar-refractivity contribution in [2.24, 2.45) is 17.8 Å². The van der Waals surface area contributed by atoms with Crippen LogP contribution in [0.3, 0.4) is 0 Å². The second-order valence-electron chi connectivity index (χ2n) is 11.3. The molecule has 224 valence electrons. The number of nitrogens with zero attached hydrogens (tertiary/aromatic N) is 1. The van der Waals surface area contributed by atoms with Gasteiger partial charge in [-0.15, -0.1) is 0 Å². The minimum absolute atomic E-state index is 0.0627. The molecule has 11 heteroatoms. The van der Waals surface area contributed by atoms with Crippen LogP contribution in [0.4, 0.5) is 0 Å². The first-order valence-corrected chi connectivity index (χ1v) is 16.1. The van der Waals surface area contributed by atoms with Crippen LogP contribution in [0.5, 0.6) is 5.75 Å². The molecule has 0 spiro atoms. The highest BCUT2D eigenvalue weighted by Gasteiger charge is 2.42. The second-order valence-corrected chi connectivity index (χ2v) is 13.8. The summed E-state index contributed by atoms with van der Waals surface area (Å²) in [5.74, 6) is -2.18. The molecule has 1 aliphatic heterocycles. The molecule has 2 aromatic carbocycles. The Morgan fingerprint density at radius 2 is 1.66 bits per heavy atom. The molecule has 41 heavy (non-hydrogen) atoms. The lowest BCUT2D eigenvalue weighted by atomic mass is 9.93. The molecule has 2 N–H and O–H groups in total. The van der Waals surface area contributed by atoms with Crippen molar-refractivity contribution in [2.75, 3.05) is 33.2 Å². The van der Waals surface area contributed by atoms with Crippen LogP contribution in [0.2, 0.25) is 0 Å². The Balaban J connectivity index is 1.95. The third kappa shape index (κ3) is 7.35. The molecule has 0 saturated carbocycles. The molecule has 3 atom stereocenters. The predicted octanol–water partition coefficient (Wildman–Crippen LogP) is 4.66. The summed E-state index contributed by atoms with van der Waals surface area (Å²) in [5, 5.41) is 6.64. The monoisotopic (exact) mass is 587 g/mol. The zero-order valence-electron chi connectivity index (χ0n) is 25.0. The van der Waals surface area contributed by atoms with Crippen LogP contribution < -0.4 is 15.4 Å². The number of likely N-dealkylation sites (N-methyl/N-ethyl adjacent to an activating group) is 1. The molecule has 1 heterocycles. The number of ether oxygens (including phenoxy) is 1. The fourth-order valence-corrected chi connectivity index (χ4v) is 7.81. The van der Waals surface area contributed by atoms with Gasteiger partial charge in [-0.1, -0.05) is 45.9 Å². The van der Waals surface area contributed by atoms with Crippen molar-refractivity contribution >= 4 is 41.8 Å². The number of carbonyl (C=O) groups is 4. The zero-order valence-corrected chi connectivity index (χ0v) is 25.9. The number of hydrogen-bond donors (Lipinski definition) is 2. The quantitative estimate of drug-likeness (QED) is 0.243. The molecule has 2 aromatic rings. The number of imide groups is 1. The van der Waals surface area contributed by atoms with Gasteiger partial charge in [-0.2, -0.15) is 0 Å². The van der Waals surface area contributed by atoms with E-state index in [9.17, 15) is 23.7 Å². The molecule has 0 radical (unpaired) electrons. The standard InChI is InChI=1S/C30H42N3O7P/c1-8-40-41(38,16-21(14-18(2)3)27(34)32-23(15-19(4)5)28(35)31-6)17-33-29(36)22-11-9-10-20-12-13-24(39-7)26(25(20)22)30(33)37/h9-13,18-19,21,23H,8,14-17H2,1-7H3,(H,31,35)(H,32,34)/t21?,23-,41?/m0/s1. The van der Waals surface area contributed by atoms with E-state index in [1.807, 2.05) is 33.8 Å². The summed E-state index contributed by atoms with van der Waals surface area (Å²) in [7, 11) is -0.805. The molecule has 3 rings (SSSR count). The van der Waals surface area contributed by atoms with E-state index in [0.717, 1.165) is 4.90 Å². The van der Waals surface area contributed by atoms with E-state index < -0.39 is 43.3 Å². The summed E-state index contributed by atoms with van der Waals surface area (Å²) in [6, 6.07) is 7.86. The van der Waals surface area contributed by atoms with Gasteiger partial charge in [0.15, 0.2) is 0 Å². The Hall–Kier alpha value is -3.23. The molecule has 0 aliphatic carbocycles. The topological polar surface area (TPSA) is 131 Å². The van der Waals surface area contributed by atoms with E-state index in [-0.39, 0.29) is 36.1 Å². The first kappa shape index (κ1) is 32.3. The maximum Gasteiger partial charge on any atom is 0.265 e. The molecular weight excluding hydrogens is 545 g/mol. The molecule has 2 unspecified atom stereocenters. The van der Waals surface area contributed by atoms with E-state index in [4.69, 9.17) is 9.26 Å². The maximum absolute atomic E-state index is 14.4. The van der Waals surface area contributed by atoms with E-state index in [1.165, 1.54) is 14.2 Å². The van der Waals surface area contributed by atoms with Gasteiger partial charge in [0.25, 0.3) is 11.8 Å². The number of methoxy groups -OCH3 is 1. The third-order valence-electron chi connectivity index (χ3n) is 7.09. The average Bonchev–Trinajstić information content (AvgIpc) is 2.92. The van der Waals surface area contributed by atoms with E-state index >= 15 is 0 Å². The predicted molar refractivity (Wildman–Crippen MR) is 158 cm³/mol. The fourth-order valence-electron chi connectivity index (χ4n) is 5.36. The minimum Gasteiger partial charge on any atom is -0.496 e. The number of amides is 4. The normalized spacial score (nSPS) is 16.1. The SMILES string of the molecule is CCOP(=O)(CC(CC(C)C)C(=O)N[C@@H](CC(C)C)C(=O)NC)CN1C(=O)c2cccc3ccc(OC)c(c23)C1=O. The molecule has 0 aromatic heterocycles. The van der Waals surface area contributed by atoms with Crippen LogP contribution in [0.15, 0.2) is 30.3 Å². The summed E-state index contributed by atoms with van der Waals surface area (Å²) < 4.78 is 25.6. The molecule has 10 nitrogen and oxygen atoms in total. The van der Waals surface area contributed by atoms with Crippen LogP contribution in [0.1, 0.15) is 68.2 Å². The van der Waals surface area contributed by atoms with Gasteiger partial charge < -0.3 is 19.9 Å². The van der Waals surface area contributed by atoms with Crippen molar-refractivity contribution in [3.63, 3.8) is 0 Å². The van der Waals surface area contributed by atoms with Crippen LogP contribution >= 0.6 is 7.37 Å². The molecule has 1 aliphatic rings. The molecule has 0 bridgehead atoms. The summed E-state index contributed by atoms with van der Waals surface area (Å²) in [6.45, 7) is 9.53. The Labute approximate surface area is 242 Å². The summed E-state index contributed by atoms with van der Waals surface area (Å²) in [4.78, 5) is 54.3.